The molecule has 1 aromatic rings. The highest BCUT2D eigenvalue weighted by Gasteiger charge is 2.15. The van der Waals surface area contributed by atoms with E-state index < -0.39 is 15.7 Å². The van der Waals surface area contributed by atoms with E-state index in [2.05, 4.69) is 10.4 Å². The van der Waals surface area contributed by atoms with Crippen LogP contribution in [0.4, 0.5) is 5.69 Å². The van der Waals surface area contributed by atoms with E-state index in [0.717, 1.165) is 0 Å². The third-order valence-electron chi connectivity index (χ3n) is 2.32. The zero-order chi connectivity index (χ0) is 13.1. The van der Waals surface area contributed by atoms with Crippen molar-refractivity contribution < 1.29 is 13.2 Å². The molecule has 0 aromatic carbocycles. The molecule has 0 aliphatic rings. The summed E-state index contributed by atoms with van der Waals surface area (Å²) < 4.78 is 23.8. The number of nitrogen functional groups attached to an aromatic ring is 1. The van der Waals surface area contributed by atoms with Gasteiger partial charge in [0.15, 0.2) is 9.84 Å². The summed E-state index contributed by atoms with van der Waals surface area (Å²) in [7, 11) is -1.48. The van der Waals surface area contributed by atoms with Crippen LogP contribution in [0.2, 0.25) is 0 Å². The number of aromatic nitrogens is 2. The molecule has 1 aromatic heterocycles. The van der Waals surface area contributed by atoms with Gasteiger partial charge in [0.1, 0.15) is 5.69 Å². The van der Waals surface area contributed by atoms with Crippen molar-refractivity contribution in [3.8, 4) is 0 Å². The largest absolute Gasteiger partial charge is 0.396 e. The minimum atomic E-state index is -3.07. The Balaban J connectivity index is 2.58. The molecule has 96 valence electrons. The van der Waals surface area contributed by atoms with Gasteiger partial charge in [0.2, 0.25) is 0 Å². The lowest BCUT2D eigenvalue weighted by Crippen LogP contribution is -2.31. The van der Waals surface area contributed by atoms with E-state index in [0.29, 0.717) is 0 Å². The molecule has 1 rings (SSSR count). The Kier molecular flexibility index (Phi) is 4.11. The van der Waals surface area contributed by atoms with Gasteiger partial charge >= 0.3 is 0 Å². The smallest absolute Gasteiger partial charge is 0.271 e. The predicted molar refractivity (Wildman–Crippen MR) is 64.3 cm³/mol. The van der Waals surface area contributed by atoms with Gasteiger partial charge in [-0.3, -0.25) is 9.48 Å². The van der Waals surface area contributed by atoms with E-state index in [9.17, 15) is 13.2 Å². The van der Waals surface area contributed by atoms with Crippen LogP contribution in [0, 0.1) is 0 Å². The number of aryl methyl sites for hydroxylation is 1. The monoisotopic (exact) mass is 260 g/mol. The molecule has 0 saturated heterocycles. The van der Waals surface area contributed by atoms with Gasteiger partial charge in [0, 0.05) is 19.3 Å². The maximum Gasteiger partial charge on any atom is 0.271 e. The molecular formula is C9H16N4O3S. The number of sulfone groups is 1. The maximum atomic E-state index is 11.7. The number of carbonyl (C=O) groups is 1. The van der Waals surface area contributed by atoms with E-state index in [1.165, 1.54) is 10.9 Å². The third kappa shape index (κ3) is 3.45. The molecule has 7 nitrogen and oxygen atoms in total. The number of hydrogen-bond acceptors (Lipinski definition) is 5. The Morgan fingerprint density at radius 2 is 2.24 bits per heavy atom. The van der Waals surface area contributed by atoms with Crippen LogP contribution in [-0.2, 0) is 16.9 Å². The minimum absolute atomic E-state index is 0.0662. The predicted octanol–water partition coefficient (Wildman–Crippen LogP) is -0.833. The van der Waals surface area contributed by atoms with Crippen LogP contribution in [0.5, 0.6) is 0 Å². The number of nitrogens with one attached hydrogen (secondary N) is 1. The molecular weight excluding hydrogens is 244 g/mol. The van der Waals surface area contributed by atoms with E-state index in [4.69, 9.17) is 5.73 Å². The van der Waals surface area contributed by atoms with Gasteiger partial charge in [-0.05, 0) is 0 Å². The number of rotatable bonds is 5. The molecule has 3 N–H and O–H groups in total. The fourth-order valence-electron chi connectivity index (χ4n) is 1.28. The molecule has 0 bridgehead atoms. The summed E-state index contributed by atoms with van der Waals surface area (Å²) in [4.78, 5) is 11.7. The van der Waals surface area contributed by atoms with Gasteiger partial charge in [0.25, 0.3) is 5.91 Å². The van der Waals surface area contributed by atoms with Crippen LogP contribution >= 0.6 is 0 Å². The second-order valence-corrected chi connectivity index (χ2v) is 6.04. The summed E-state index contributed by atoms with van der Waals surface area (Å²) in [5, 5.41) is 6.32. The Morgan fingerprint density at radius 1 is 1.59 bits per heavy atom. The Bertz CT molecular complexity index is 487. The van der Waals surface area contributed by atoms with Crippen molar-refractivity contribution in [1.82, 2.24) is 15.1 Å². The van der Waals surface area contributed by atoms with Crippen molar-refractivity contribution in [2.75, 3.05) is 23.8 Å². The summed E-state index contributed by atoms with van der Waals surface area (Å²) in [6, 6.07) is 0. The molecule has 0 aliphatic carbocycles. The van der Waals surface area contributed by atoms with Crippen molar-refractivity contribution >= 4 is 21.4 Å². The average molecular weight is 260 g/mol. The lowest BCUT2D eigenvalue weighted by Gasteiger charge is -2.06. The fraction of sp³-hybridized carbons (Fsp3) is 0.556. The maximum absolute atomic E-state index is 11.7. The highest BCUT2D eigenvalue weighted by molar-refractivity contribution is 7.91. The molecule has 17 heavy (non-hydrogen) atoms. The topological polar surface area (TPSA) is 107 Å². The van der Waals surface area contributed by atoms with Crippen molar-refractivity contribution in [1.29, 1.82) is 0 Å². The van der Waals surface area contributed by atoms with Crippen LogP contribution in [0.3, 0.4) is 0 Å². The number of amides is 1. The van der Waals surface area contributed by atoms with Crippen molar-refractivity contribution in [3.63, 3.8) is 0 Å². The van der Waals surface area contributed by atoms with Gasteiger partial charge in [-0.2, -0.15) is 5.10 Å². The average Bonchev–Trinajstić information content (AvgIpc) is 2.58. The summed E-state index contributed by atoms with van der Waals surface area (Å²) in [6.45, 7) is 1.63. The van der Waals surface area contributed by atoms with Crippen molar-refractivity contribution in [3.05, 3.63) is 11.9 Å². The van der Waals surface area contributed by atoms with Crippen molar-refractivity contribution in [2.45, 2.75) is 6.92 Å². The molecule has 0 saturated carbocycles. The molecule has 0 fully saturated rings. The van der Waals surface area contributed by atoms with Crippen molar-refractivity contribution in [2.24, 2.45) is 7.05 Å². The summed E-state index contributed by atoms with van der Waals surface area (Å²) in [5.41, 5.74) is 6.07. The molecule has 0 radical (unpaired) electrons. The van der Waals surface area contributed by atoms with E-state index in [1.54, 1.807) is 14.0 Å². The Labute approximate surface area is 99.9 Å². The van der Waals surface area contributed by atoms with Crippen LogP contribution in [-0.4, -0.2) is 42.2 Å². The van der Waals surface area contributed by atoms with Gasteiger partial charge in [0.05, 0.1) is 17.6 Å². The van der Waals surface area contributed by atoms with Crippen LogP contribution in [0.25, 0.3) is 0 Å². The summed E-state index contributed by atoms with van der Waals surface area (Å²) >= 11 is 0. The van der Waals surface area contributed by atoms with Crippen LogP contribution in [0.1, 0.15) is 17.4 Å². The molecule has 8 heteroatoms. The number of hydrogen-bond donors (Lipinski definition) is 2. The number of nitrogens with two attached hydrogens (primary N) is 1. The van der Waals surface area contributed by atoms with E-state index >= 15 is 0 Å². The normalized spacial score (nSPS) is 11.4. The minimum Gasteiger partial charge on any atom is -0.396 e. The van der Waals surface area contributed by atoms with Gasteiger partial charge in [-0.25, -0.2) is 8.42 Å². The Hall–Kier alpha value is -1.57. The molecule has 1 amide bonds. The first-order chi connectivity index (χ1) is 7.87. The molecule has 0 unspecified atom stereocenters. The van der Waals surface area contributed by atoms with Crippen LogP contribution in [0.15, 0.2) is 6.20 Å². The fourth-order valence-corrected chi connectivity index (χ4v) is 1.98. The molecule has 1 heterocycles. The van der Waals surface area contributed by atoms with Gasteiger partial charge in [-0.15, -0.1) is 0 Å². The zero-order valence-electron chi connectivity index (χ0n) is 9.80. The second kappa shape index (κ2) is 5.17. The molecule has 0 spiro atoms. The lowest BCUT2D eigenvalue weighted by molar-refractivity contribution is 0.0947. The lowest BCUT2D eigenvalue weighted by atomic mass is 10.3. The highest BCUT2D eigenvalue weighted by atomic mass is 32.2. The van der Waals surface area contributed by atoms with Gasteiger partial charge in [-0.1, -0.05) is 6.92 Å². The SMILES string of the molecule is CCS(=O)(=O)CCNC(=O)c1c(N)cnn1C. The first kappa shape index (κ1) is 13.5. The quantitative estimate of drug-likeness (QED) is 0.718. The zero-order valence-corrected chi connectivity index (χ0v) is 10.6. The van der Waals surface area contributed by atoms with E-state index in [-0.39, 0.29) is 29.4 Å². The van der Waals surface area contributed by atoms with Gasteiger partial charge < -0.3 is 11.1 Å². The molecule has 0 aliphatic heterocycles. The van der Waals surface area contributed by atoms with Crippen LogP contribution < -0.4 is 11.1 Å². The first-order valence-corrected chi connectivity index (χ1v) is 6.95. The molecule has 0 atom stereocenters. The summed E-state index contributed by atoms with van der Waals surface area (Å²) in [5.74, 6) is -0.433. The number of carbonyl (C=O) groups excluding carboxylic acids is 1. The number of nitrogens with zero attached hydrogens (tertiary/aromatic N) is 2. The van der Waals surface area contributed by atoms with E-state index in [1.807, 2.05) is 0 Å². The third-order valence-corrected chi connectivity index (χ3v) is 4.03. The summed E-state index contributed by atoms with van der Waals surface area (Å²) in [6.07, 6.45) is 1.37. The Morgan fingerprint density at radius 3 is 2.71 bits per heavy atom. The number of anilines is 1. The second-order valence-electron chi connectivity index (χ2n) is 3.56. The first-order valence-electron chi connectivity index (χ1n) is 5.13. The standard InChI is InChI=1S/C9H16N4O3S/c1-3-17(15,16)5-4-11-9(14)8-7(10)6-12-13(8)2/h6H,3-5,10H2,1-2H3,(H,11,14). The highest BCUT2D eigenvalue weighted by Crippen LogP contribution is 2.08.